The van der Waals surface area contributed by atoms with Crippen molar-refractivity contribution in [3.63, 3.8) is 0 Å². The van der Waals surface area contributed by atoms with Crippen molar-refractivity contribution in [2.45, 2.75) is 46.1 Å². The number of carbonyl (C=O) groups is 1. The molecule has 1 heterocycles. The first-order chi connectivity index (χ1) is 15.5. The van der Waals surface area contributed by atoms with E-state index in [1.807, 2.05) is 30.3 Å². The molecule has 1 N–H and O–H groups in total. The summed E-state index contributed by atoms with van der Waals surface area (Å²) in [4.78, 5) is 13.5. The number of fused-ring (bicyclic) bond motifs is 1. The summed E-state index contributed by atoms with van der Waals surface area (Å²) >= 11 is 0. The zero-order valence-electron chi connectivity index (χ0n) is 19.2. The van der Waals surface area contributed by atoms with Crippen molar-refractivity contribution >= 4 is 17.9 Å². The average molecular weight is 440 g/mol. The number of benzene rings is 2. The van der Waals surface area contributed by atoms with Gasteiger partial charge in [0, 0.05) is 36.9 Å². The van der Waals surface area contributed by atoms with E-state index in [0.717, 1.165) is 54.1 Å². The predicted octanol–water partition coefficient (Wildman–Crippen LogP) is 6.20. The lowest BCUT2D eigenvalue weighted by molar-refractivity contribution is 0.101. The first-order valence-corrected chi connectivity index (χ1v) is 11.3. The van der Waals surface area contributed by atoms with E-state index >= 15 is 0 Å². The van der Waals surface area contributed by atoms with Crippen molar-refractivity contribution in [2.75, 3.05) is 31.3 Å². The van der Waals surface area contributed by atoms with Gasteiger partial charge in [-0.1, -0.05) is 32.0 Å². The molecule has 6 heteroatoms. The number of carboxylic acid groups (broad SMARTS) is 1. The van der Waals surface area contributed by atoms with Crippen LogP contribution in [0.2, 0.25) is 0 Å². The van der Waals surface area contributed by atoms with Crippen LogP contribution in [-0.2, 0) is 9.47 Å². The van der Waals surface area contributed by atoms with Gasteiger partial charge in [-0.3, -0.25) is 0 Å². The van der Waals surface area contributed by atoms with Gasteiger partial charge in [-0.15, -0.1) is 0 Å². The largest absolute Gasteiger partial charge is 0.511 e. The van der Waals surface area contributed by atoms with E-state index in [-0.39, 0.29) is 6.04 Å². The molecule has 1 unspecified atom stereocenters. The number of hydrogen-bond acceptors (Lipinski definition) is 5. The fourth-order valence-corrected chi connectivity index (χ4v) is 3.96. The first-order valence-electron chi connectivity index (χ1n) is 11.3. The Bertz CT molecular complexity index is 922. The summed E-state index contributed by atoms with van der Waals surface area (Å²) < 4.78 is 16.3. The Morgan fingerprint density at radius 3 is 2.47 bits per heavy atom. The molecule has 0 aliphatic carbocycles. The maximum Gasteiger partial charge on any atom is 0.511 e. The maximum atomic E-state index is 11.2. The van der Waals surface area contributed by atoms with Gasteiger partial charge in [0.2, 0.25) is 0 Å². The minimum atomic E-state index is -1.28. The number of rotatable bonds is 10. The maximum absolute atomic E-state index is 11.2. The molecule has 0 amide bonds. The summed E-state index contributed by atoms with van der Waals surface area (Å²) in [6.45, 7) is 9.09. The minimum Gasteiger partial charge on any atom is -0.491 e. The molecule has 1 aliphatic rings. The minimum absolute atomic E-state index is 0.144. The number of ether oxygens (including phenoxy) is 3. The summed E-state index contributed by atoms with van der Waals surface area (Å²) in [6.07, 6.45) is 3.13. The summed E-state index contributed by atoms with van der Waals surface area (Å²) in [6, 6.07) is 14.5. The second-order valence-electron chi connectivity index (χ2n) is 7.98. The SMILES string of the molecule is CCCOCCOc1ccc(-c2ccc3c(c2)C=C(OC(=O)O)CC(C)N3CCC)cc1. The van der Waals surface area contributed by atoms with Crippen molar-refractivity contribution < 1.29 is 24.1 Å². The summed E-state index contributed by atoms with van der Waals surface area (Å²) in [5, 5.41) is 9.13. The fourth-order valence-electron chi connectivity index (χ4n) is 3.96. The average Bonchev–Trinajstić information content (AvgIpc) is 2.89. The monoisotopic (exact) mass is 439 g/mol. The van der Waals surface area contributed by atoms with Crippen LogP contribution in [0.5, 0.6) is 5.75 Å². The van der Waals surface area contributed by atoms with Crippen molar-refractivity contribution in [3.8, 4) is 16.9 Å². The van der Waals surface area contributed by atoms with Gasteiger partial charge in [-0.2, -0.15) is 0 Å². The molecule has 1 aliphatic heterocycles. The quantitative estimate of drug-likeness (QED) is 0.351. The van der Waals surface area contributed by atoms with Gasteiger partial charge in [-0.05, 0) is 61.2 Å². The molecule has 0 saturated carbocycles. The number of hydrogen-bond donors (Lipinski definition) is 1. The standard InChI is InChI=1S/C26H33NO5/c1-4-12-27-19(3)16-24(32-26(28)29)18-22-17-21(8-11-25(22)27)20-6-9-23(10-7-20)31-15-14-30-13-5-2/h6-11,17-19H,4-5,12-16H2,1-3H3,(H,28,29). The lowest BCUT2D eigenvalue weighted by Crippen LogP contribution is -2.34. The molecule has 0 bridgehead atoms. The van der Waals surface area contributed by atoms with Crippen molar-refractivity contribution in [3.05, 3.63) is 53.8 Å². The highest BCUT2D eigenvalue weighted by atomic mass is 16.7. The van der Waals surface area contributed by atoms with Crippen LogP contribution < -0.4 is 9.64 Å². The third kappa shape index (κ3) is 6.26. The molecule has 0 fully saturated rings. The van der Waals surface area contributed by atoms with E-state index in [0.29, 0.717) is 25.4 Å². The molecule has 1 atom stereocenters. The molecule has 0 saturated heterocycles. The highest BCUT2D eigenvalue weighted by molar-refractivity contribution is 5.78. The third-order valence-corrected chi connectivity index (χ3v) is 5.40. The third-order valence-electron chi connectivity index (χ3n) is 5.40. The second kappa shape index (κ2) is 11.6. The molecule has 0 spiro atoms. The van der Waals surface area contributed by atoms with E-state index in [2.05, 4.69) is 43.9 Å². The van der Waals surface area contributed by atoms with Crippen LogP contribution in [0.3, 0.4) is 0 Å². The molecule has 32 heavy (non-hydrogen) atoms. The Kier molecular flexibility index (Phi) is 8.56. The Hall–Kier alpha value is -2.99. The molecule has 172 valence electrons. The molecule has 2 aromatic rings. The van der Waals surface area contributed by atoms with Crippen molar-refractivity contribution in [1.29, 1.82) is 0 Å². The fraction of sp³-hybridized carbons (Fsp3) is 0.423. The van der Waals surface area contributed by atoms with Gasteiger partial charge >= 0.3 is 6.16 Å². The smallest absolute Gasteiger partial charge is 0.491 e. The summed E-state index contributed by atoms with van der Waals surface area (Å²) in [5.41, 5.74) is 4.18. The van der Waals surface area contributed by atoms with Gasteiger partial charge in [0.05, 0.1) is 6.61 Å². The second-order valence-corrected chi connectivity index (χ2v) is 7.98. The van der Waals surface area contributed by atoms with Crippen LogP contribution >= 0.6 is 0 Å². The summed E-state index contributed by atoms with van der Waals surface area (Å²) in [7, 11) is 0. The van der Waals surface area contributed by atoms with E-state index in [4.69, 9.17) is 19.3 Å². The van der Waals surface area contributed by atoms with Crippen LogP contribution in [0, 0.1) is 0 Å². The molecular weight excluding hydrogens is 406 g/mol. The lowest BCUT2D eigenvalue weighted by Gasteiger charge is -2.31. The highest BCUT2D eigenvalue weighted by Crippen LogP contribution is 2.35. The van der Waals surface area contributed by atoms with Gasteiger partial charge in [-0.25, -0.2) is 4.79 Å². The number of nitrogens with zero attached hydrogens (tertiary/aromatic N) is 1. The molecule has 0 radical (unpaired) electrons. The van der Waals surface area contributed by atoms with Crippen LogP contribution in [0.4, 0.5) is 10.5 Å². The van der Waals surface area contributed by atoms with Crippen molar-refractivity contribution in [1.82, 2.24) is 0 Å². The predicted molar refractivity (Wildman–Crippen MR) is 127 cm³/mol. The van der Waals surface area contributed by atoms with E-state index < -0.39 is 6.16 Å². The van der Waals surface area contributed by atoms with E-state index in [1.165, 1.54) is 0 Å². The van der Waals surface area contributed by atoms with E-state index in [1.54, 1.807) is 0 Å². The topological polar surface area (TPSA) is 68.2 Å². The lowest BCUT2D eigenvalue weighted by atomic mass is 10.0. The Morgan fingerprint density at radius 1 is 1.03 bits per heavy atom. The van der Waals surface area contributed by atoms with Crippen molar-refractivity contribution in [2.24, 2.45) is 0 Å². The van der Waals surface area contributed by atoms with Gasteiger partial charge in [0.25, 0.3) is 0 Å². The Morgan fingerprint density at radius 2 is 1.78 bits per heavy atom. The molecule has 0 aromatic heterocycles. The van der Waals surface area contributed by atoms with Crippen LogP contribution in [-0.4, -0.2) is 43.7 Å². The van der Waals surface area contributed by atoms with Gasteiger partial charge in [0.15, 0.2) is 0 Å². The molecule has 6 nitrogen and oxygen atoms in total. The normalized spacial score (nSPS) is 15.5. The zero-order chi connectivity index (χ0) is 22.9. The van der Waals surface area contributed by atoms with E-state index in [9.17, 15) is 4.79 Å². The Balaban J connectivity index is 1.82. The first kappa shape index (κ1) is 23.7. The molecular formula is C26H33NO5. The molecule has 3 rings (SSSR count). The summed E-state index contributed by atoms with van der Waals surface area (Å²) in [5.74, 6) is 1.28. The van der Waals surface area contributed by atoms with Gasteiger partial charge in [0.1, 0.15) is 18.1 Å². The highest BCUT2D eigenvalue weighted by Gasteiger charge is 2.23. The van der Waals surface area contributed by atoms with Crippen LogP contribution in [0.25, 0.3) is 17.2 Å². The molecule has 2 aromatic carbocycles. The van der Waals surface area contributed by atoms with Crippen LogP contribution in [0.1, 0.15) is 45.6 Å². The Labute approximate surface area is 190 Å². The van der Waals surface area contributed by atoms with Gasteiger partial charge < -0.3 is 24.2 Å². The number of anilines is 1. The van der Waals surface area contributed by atoms with Crippen LogP contribution in [0.15, 0.2) is 48.2 Å². The zero-order valence-corrected chi connectivity index (χ0v) is 19.2.